The first kappa shape index (κ1) is 12.7. The monoisotopic (exact) mass is 245 g/mol. The number of nitrogens with zero attached hydrogens (tertiary/aromatic N) is 1. The van der Waals surface area contributed by atoms with Gasteiger partial charge in [0, 0.05) is 31.2 Å². The van der Waals surface area contributed by atoms with E-state index in [0.717, 1.165) is 19.1 Å². The van der Waals surface area contributed by atoms with Crippen molar-refractivity contribution in [2.24, 2.45) is 5.92 Å². The summed E-state index contributed by atoms with van der Waals surface area (Å²) in [6, 6.07) is 0.610. The minimum absolute atomic E-state index is 0.374. The zero-order chi connectivity index (χ0) is 11.4. The average Bonchev–Trinajstić information content (AvgIpc) is 2.31. The molecule has 1 aliphatic carbocycles. The predicted molar refractivity (Wildman–Crippen MR) is 68.1 cm³/mol. The van der Waals surface area contributed by atoms with Crippen LogP contribution in [0.15, 0.2) is 0 Å². The van der Waals surface area contributed by atoms with Crippen LogP contribution >= 0.6 is 11.6 Å². The molecule has 2 fully saturated rings. The summed E-state index contributed by atoms with van der Waals surface area (Å²) < 4.78 is 5.40. The molecule has 94 valence electrons. The first-order valence-electron chi connectivity index (χ1n) is 6.69. The smallest absolute Gasteiger partial charge is 0.0491 e. The highest BCUT2D eigenvalue weighted by molar-refractivity contribution is 6.21. The molecular weight excluding hydrogens is 222 g/mol. The molecule has 0 aromatic carbocycles. The first-order chi connectivity index (χ1) is 7.77. The molecule has 0 aromatic heterocycles. The molecule has 2 unspecified atom stereocenters. The van der Waals surface area contributed by atoms with E-state index < -0.39 is 0 Å². The van der Waals surface area contributed by atoms with Crippen molar-refractivity contribution >= 4 is 11.6 Å². The van der Waals surface area contributed by atoms with Crippen molar-refractivity contribution in [3.8, 4) is 0 Å². The van der Waals surface area contributed by atoms with E-state index in [1.165, 1.54) is 45.1 Å². The number of hydrogen-bond donors (Lipinski definition) is 0. The molecule has 0 spiro atoms. The maximum absolute atomic E-state index is 6.43. The lowest BCUT2D eigenvalue weighted by molar-refractivity contribution is 0.0477. The summed E-state index contributed by atoms with van der Waals surface area (Å²) in [6.45, 7) is 3.11. The van der Waals surface area contributed by atoms with E-state index in [0.29, 0.717) is 11.4 Å². The highest BCUT2D eigenvalue weighted by Crippen LogP contribution is 2.28. The standard InChI is InChI=1S/C13H24ClNO/c1-15(10-11-6-8-16-9-7-11)13-5-3-2-4-12(13)14/h11-13H,2-10H2,1H3. The molecule has 16 heavy (non-hydrogen) atoms. The third kappa shape index (κ3) is 3.35. The van der Waals surface area contributed by atoms with E-state index in [2.05, 4.69) is 11.9 Å². The second kappa shape index (κ2) is 6.23. The molecule has 0 amide bonds. The Balaban J connectivity index is 1.78. The van der Waals surface area contributed by atoms with Gasteiger partial charge in [0.25, 0.3) is 0 Å². The molecule has 3 heteroatoms. The van der Waals surface area contributed by atoms with E-state index >= 15 is 0 Å². The van der Waals surface area contributed by atoms with Crippen LogP contribution in [0.3, 0.4) is 0 Å². The van der Waals surface area contributed by atoms with Crippen molar-refractivity contribution in [2.75, 3.05) is 26.8 Å². The normalized spacial score (nSPS) is 33.2. The molecular formula is C13H24ClNO. The topological polar surface area (TPSA) is 12.5 Å². The zero-order valence-corrected chi connectivity index (χ0v) is 11.1. The Kier molecular flexibility index (Phi) is 4.93. The van der Waals surface area contributed by atoms with Gasteiger partial charge in [-0.25, -0.2) is 0 Å². The minimum Gasteiger partial charge on any atom is -0.381 e. The van der Waals surface area contributed by atoms with E-state index in [4.69, 9.17) is 16.3 Å². The van der Waals surface area contributed by atoms with Gasteiger partial charge in [0.2, 0.25) is 0 Å². The summed E-state index contributed by atoms with van der Waals surface area (Å²) in [5, 5.41) is 0.374. The summed E-state index contributed by atoms with van der Waals surface area (Å²) >= 11 is 6.43. The molecule has 0 radical (unpaired) electrons. The van der Waals surface area contributed by atoms with Gasteiger partial charge < -0.3 is 9.64 Å². The Morgan fingerprint density at radius 2 is 1.81 bits per heavy atom. The lowest BCUT2D eigenvalue weighted by Gasteiger charge is -2.37. The van der Waals surface area contributed by atoms with Gasteiger partial charge in [0.15, 0.2) is 0 Å². The van der Waals surface area contributed by atoms with Crippen LogP contribution in [0.4, 0.5) is 0 Å². The molecule has 0 N–H and O–H groups in total. The van der Waals surface area contributed by atoms with Crippen LogP contribution in [0.1, 0.15) is 38.5 Å². The van der Waals surface area contributed by atoms with Crippen LogP contribution in [0, 0.1) is 5.92 Å². The van der Waals surface area contributed by atoms with Gasteiger partial charge in [-0.2, -0.15) is 0 Å². The lowest BCUT2D eigenvalue weighted by Crippen LogP contribution is -2.43. The van der Waals surface area contributed by atoms with Gasteiger partial charge in [-0.15, -0.1) is 11.6 Å². The highest BCUT2D eigenvalue weighted by atomic mass is 35.5. The second-order valence-electron chi connectivity index (χ2n) is 5.36. The van der Waals surface area contributed by atoms with Crippen molar-refractivity contribution in [1.82, 2.24) is 4.90 Å². The summed E-state index contributed by atoms with van der Waals surface area (Å²) in [5.74, 6) is 0.824. The SMILES string of the molecule is CN(CC1CCOCC1)C1CCCCC1Cl. The third-order valence-electron chi connectivity index (χ3n) is 4.10. The van der Waals surface area contributed by atoms with Crippen LogP contribution in [0.25, 0.3) is 0 Å². The Labute approximate surface area is 104 Å². The summed E-state index contributed by atoms with van der Waals surface area (Å²) in [7, 11) is 2.25. The van der Waals surface area contributed by atoms with Gasteiger partial charge in [0.1, 0.15) is 0 Å². The van der Waals surface area contributed by atoms with E-state index in [1.807, 2.05) is 0 Å². The zero-order valence-electron chi connectivity index (χ0n) is 10.3. The van der Waals surface area contributed by atoms with Gasteiger partial charge in [-0.3, -0.25) is 0 Å². The molecule has 0 aromatic rings. The Morgan fingerprint density at radius 1 is 1.12 bits per heavy atom. The molecule has 1 aliphatic heterocycles. The van der Waals surface area contributed by atoms with E-state index in [9.17, 15) is 0 Å². The fraction of sp³-hybridized carbons (Fsp3) is 1.00. The molecule has 2 nitrogen and oxygen atoms in total. The van der Waals surface area contributed by atoms with Crippen LogP contribution in [0.5, 0.6) is 0 Å². The lowest BCUT2D eigenvalue weighted by atomic mass is 9.92. The van der Waals surface area contributed by atoms with Crippen molar-refractivity contribution in [3.63, 3.8) is 0 Å². The van der Waals surface area contributed by atoms with Gasteiger partial charge in [0.05, 0.1) is 0 Å². The van der Waals surface area contributed by atoms with Crippen LogP contribution in [0.2, 0.25) is 0 Å². The minimum atomic E-state index is 0.374. The molecule has 2 atom stereocenters. The number of hydrogen-bond acceptors (Lipinski definition) is 2. The van der Waals surface area contributed by atoms with E-state index in [1.54, 1.807) is 0 Å². The van der Waals surface area contributed by atoms with Crippen molar-refractivity contribution in [1.29, 1.82) is 0 Å². The van der Waals surface area contributed by atoms with Crippen LogP contribution in [-0.4, -0.2) is 43.1 Å². The van der Waals surface area contributed by atoms with Gasteiger partial charge in [-0.05, 0) is 38.6 Å². The molecule has 1 saturated carbocycles. The van der Waals surface area contributed by atoms with Gasteiger partial charge >= 0.3 is 0 Å². The largest absolute Gasteiger partial charge is 0.381 e. The average molecular weight is 246 g/mol. The maximum Gasteiger partial charge on any atom is 0.0491 e. The number of rotatable bonds is 3. The number of alkyl halides is 1. The summed E-state index contributed by atoms with van der Waals surface area (Å²) in [4.78, 5) is 2.51. The fourth-order valence-electron chi connectivity index (χ4n) is 3.03. The first-order valence-corrected chi connectivity index (χ1v) is 7.13. The summed E-state index contributed by atoms with van der Waals surface area (Å²) in [5.41, 5.74) is 0. The quantitative estimate of drug-likeness (QED) is 0.709. The molecule has 2 aliphatic rings. The Hall–Kier alpha value is 0.210. The predicted octanol–water partition coefficient (Wildman–Crippen LogP) is 2.89. The number of ether oxygens (including phenoxy) is 1. The van der Waals surface area contributed by atoms with Crippen LogP contribution < -0.4 is 0 Å². The van der Waals surface area contributed by atoms with E-state index in [-0.39, 0.29) is 0 Å². The fourth-order valence-corrected chi connectivity index (χ4v) is 3.51. The van der Waals surface area contributed by atoms with Gasteiger partial charge in [-0.1, -0.05) is 12.8 Å². The summed E-state index contributed by atoms with van der Waals surface area (Å²) in [6.07, 6.45) is 7.61. The maximum atomic E-state index is 6.43. The van der Waals surface area contributed by atoms with Crippen molar-refractivity contribution in [3.05, 3.63) is 0 Å². The molecule has 1 saturated heterocycles. The van der Waals surface area contributed by atoms with Crippen molar-refractivity contribution in [2.45, 2.75) is 49.9 Å². The molecule has 2 rings (SSSR count). The Bertz CT molecular complexity index is 206. The molecule has 1 heterocycles. The van der Waals surface area contributed by atoms with Crippen molar-refractivity contribution < 1.29 is 4.74 Å². The number of halogens is 1. The molecule has 0 bridgehead atoms. The second-order valence-corrected chi connectivity index (χ2v) is 5.92. The highest BCUT2D eigenvalue weighted by Gasteiger charge is 2.28. The third-order valence-corrected chi connectivity index (χ3v) is 4.61. The Morgan fingerprint density at radius 3 is 2.50 bits per heavy atom. The van der Waals surface area contributed by atoms with Crippen LogP contribution in [-0.2, 0) is 4.74 Å².